The fraction of sp³-hybridized carbons (Fsp3) is 0.944. The average Bonchev–Trinajstić information content (AvgIpc) is 3.10. The largest absolute Gasteiger partial charge is 0.344 e. The van der Waals surface area contributed by atoms with E-state index in [9.17, 15) is 4.79 Å². The van der Waals surface area contributed by atoms with E-state index in [1.807, 2.05) is 11.9 Å². The van der Waals surface area contributed by atoms with Crippen molar-refractivity contribution in [3.05, 3.63) is 0 Å². The highest BCUT2D eigenvalue weighted by Crippen LogP contribution is 2.61. The number of amides is 1. The predicted molar refractivity (Wildman–Crippen MR) is 83.5 cm³/mol. The van der Waals surface area contributed by atoms with Crippen LogP contribution in [0.4, 0.5) is 0 Å². The molecule has 2 N–H and O–H groups in total. The summed E-state index contributed by atoms with van der Waals surface area (Å²) < 4.78 is 0. The third-order valence-electron chi connectivity index (χ3n) is 7.17. The number of likely N-dealkylation sites (N-methyl/N-ethyl adjacent to an activating group) is 1. The lowest BCUT2D eigenvalue weighted by molar-refractivity contribution is -0.142. The second kappa shape index (κ2) is 4.71. The summed E-state index contributed by atoms with van der Waals surface area (Å²) in [5.74, 6) is 4.34. The van der Waals surface area contributed by atoms with Gasteiger partial charge in [0, 0.05) is 13.6 Å². The van der Waals surface area contributed by atoms with Crippen LogP contribution in [0.1, 0.15) is 51.9 Å². The predicted octanol–water partition coefficient (Wildman–Crippen LogP) is 2.64. The quantitative estimate of drug-likeness (QED) is 0.865. The van der Waals surface area contributed by atoms with Gasteiger partial charge in [-0.15, -0.1) is 0 Å². The second-order valence-electron chi connectivity index (χ2n) is 8.95. The topological polar surface area (TPSA) is 46.3 Å². The fourth-order valence-electron chi connectivity index (χ4n) is 6.15. The third kappa shape index (κ3) is 2.32. The van der Waals surface area contributed by atoms with Gasteiger partial charge in [-0.25, -0.2) is 0 Å². The first-order valence-corrected chi connectivity index (χ1v) is 8.97. The summed E-state index contributed by atoms with van der Waals surface area (Å²) >= 11 is 0. The van der Waals surface area contributed by atoms with Crippen LogP contribution in [0.3, 0.4) is 0 Å². The van der Waals surface area contributed by atoms with E-state index < -0.39 is 0 Å². The molecule has 0 aromatic heterocycles. The highest BCUT2D eigenvalue weighted by Gasteiger charge is 2.55. The maximum atomic E-state index is 12.8. The van der Waals surface area contributed by atoms with E-state index in [2.05, 4.69) is 6.92 Å². The molecule has 4 bridgehead atoms. The van der Waals surface area contributed by atoms with Crippen molar-refractivity contribution in [3.63, 3.8) is 0 Å². The Bertz CT molecular complexity index is 411. The molecule has 5 saturated carbocycles. The molecule has 3 nitrogen and oxygen atoms in total. The van der Waals surface area contributed by atoms with E-state index in [1.54, 1.807) is 0 Å². The molecule has 2 unspecified atom stereocenters. The van der Waals surface area contributed by atoms with Crippen molar-refractivity contribution in [3.8, 4) is 0 Å². The Balaban J connectivity index is 1.46. The summed E-state index contributed by atoms with van der Waals surface area (Å²) in [5.41, 5.74) is 6.70. The number of hydrogen-bond donors (Lipinski definition) is 1. The Morgan fingerprint density at radius 1 is 1.14 bits per heavy atom. The van der Waals surface area contributed by atoms with Gasteiger partial charge in [-0.05, 0) is 80.0 Å². The van der Waals surface area contributed by atoms with Gasteiger partial charge >= 0.3 is 0 Å². The Labute approximate surface area is 128 Å². The van der Waals surface area contributed by atoms with Crippen LogP contribution in [-0.4, -0.2) is 30.4 Å². The number of nitrogens with two attached hydrogens (primary N) is 1. The number of nitrogens with zero attached hydrogens (tertiary/aromatic N) is 1. The molecule has 3 atom stereocenters. The molecule has 0 saturated heterocycles. The van der Waals surface area contributed by atoms with Gasteiger partial charge in [0.25, 0.3) is 0 Å². The average molecular weight is 290 g/mol. The molecule has 1 amide bonds. The van der Waals surface area contributed by atoms with Crippen LogP contribution in [0.25, 0.3) is 0 Å². The number of hydrogen-bond acceptors (Lipinski definition) is 2. The summed E-state index contributed by atoms with van der Waals surface area (Å²) in [6.45, 7) is 3.20. The van der Waals surface area contributed by atoms with Gasteiger partial charge in [-0.1, -0.05) is 6.92 Å². The lowest BCUT2D eigenvalue weighted by Crippen LogP contribution is -2.59. The van der Waals surface area contributed by atoms with Crippen molar-refractivity contribution >= 4 is 5.91 Å². The Hall–Kier alpha value is -0.570. The van der Waals surface area contributed by atoms with Gasteiger partial charge in [0.1, 0.15) is 0 Å². The molecule has 0 heterocycles. The Morgan fingerprint density at radius 3 is 2.05 bits per heavy atom. The van der Waals surface area contributed by atoms with Crippen molar-refractivity contribution in [2.24, 2.45) is 40.7 Å². The van der Waals surface area contributed by atoms with Crippen LogP contribution in [0, 0.1) is 35.0 Å². The zero-order chi connectivity index (χ0) is 14.8. The molecular weight excluding hydrogens is 260 g/mol. The van der Waals surface area contributed by atoms with Crippen LogP contribution in [0.5, 0.6) is 0 Å². The highest BCUT2D eigenvalue weighted by molar-refractivity contribution is 5.82. The Morgan fingerprint density at radius 2 is 1.62 bits per heavy atom. The molecule has 0 aliphatic heterocycles. The highest BCUT2D eigenvalue weighted by atomic mass is 16.2. The molecule has 0 aromatic carbocycles. The first-order chi connectivity index (χ1) is 9.97. The Kier molecular flexibility index (Phi) is 3.15. The molecular formula is C18H30N2O. The first-order valence-electron chi connectivity index (χ1n) is 8.97. The van der Waals surface area contributed by atoms with E-state index >= 15 is 0 Å². The number of rotatable bonds is 4. The van der Waals surface area contributed by atoms with Gasteiger partial charge in [0.15, 0.2) is 0 Å². The molecule has 0 aromatic rings. The lowest BCUT2D eigenvalue weighted by Gasteiger charge is -2.58. The number of carbonyl (C=O) groups excluding carboxylic acids is 1. The molecule has 21 heavy (non-hydrogen) atoms. The van der Waals surface area contributed by atoms with Crippen molar-refractivity contribution in [1.82, 2.24) is 4.90 Å². The standard InChI is InChI=1S/C18H30N2O/c1-11-3-15(11)10-20(2)17(21)16(19)18-7-12-4-13(8-18)6-14(5-12)9-18/h11-16H,3-10,19H2,1-2H3/t11?,12?,13?,14?,15?,16-,18?/m1/s1. The van der Waals surface area contributed by atoms with E-state index in [1.165, 1.54) is 44.9 Å². The van der Waals surface area contributed by atoms with Gasteiger partial charge in [-0.3, -0.25) is 4.79 Å². The normalized spacial score (nSPS) is 48.2. The zero-order valence-electron chi connectivity index (χ0n) is 13.6. The molecule has 3 heteroatoms. The van der Waals surface area contributed by atoms with Crippen LogP contribution in [-0.2, 0) is 4.79 Å². The molecule has 5 aliphatic rings. The number of carbonyl (C=O) groups is 1. The van der Waals surface area contributed by atoms with E-state index in [4.69, 9.17) is 5.73 Å². The zero-order valence-corrected chi connectivity index (χ0v) is 13.6. The summed E-state index contributed by atoms with van der Waals surface area (Å²) in [6.07, 6.45) is 9.18. The van der Waals surface area contributed by atoms with Crippen LogP contribution in [0.15, 0.2) is 0 Å². The minimum absolute atomic E-state index is 0.148. The summed E-state index contributed by atoms with van der Waals surface area (Å²) in [6, 6.07) is -0.245. The molecule has 5 aliphatic carbocycles. The molecule has 5 rings (SSSR count). The third-order valence-corrected chi connectivity index (χ3v) is 7.17. The maximum Gasteiger partial charge on any atom is 0.239 e. The van der Waals surface area contributed by atoms with Gasteiger partial charge in [0.05, 0.1) is 6.04 Å². The van der Waals surface area contributed by atoms with Gasteiger partial charge in [0.2, 0.25) is 5.91 Å². The van der Waals surface area contributed by atoms with Crippen LogP contribution >= 0.6 is 0 Å². The summed E-state index contributed by atoms with van der Waals surface area (Å²) in [7, 11) is 1.97. The lowest BCUT2D eigenvalue weighted by atomic mass is 9.47. The monoisotopic (exact) mass is 290 g/mol. The first kappa shape index (κ1) is 14.0. The molecule has 118 valence electrons. The minimum atomic E-state index is -0.245. The van der Waals surface area contributed by atoms with E-state index in [0.717, 1.165) is 36.1 Å². The SMILES string of the molecule is CC1CC1CN(C)C(=O)[C@@H](N)C12CC3CC(CC(C3)C1)C2. The van der Waals surface area contributed by atoms with Crippen molar-refractivity contribution < 1.29 is 4.79 Å². The van der Waals surface area contributed by atoms with Crippen LogP contribution < -0.4 is 5.73 Å². The minimum Gasteiger partial charge on any atom is -0.344 e. The van der Waals surface area contributed by atoms with E-state index in [0.29, 0.717) is 0 Å². The van der Waals surface area contributed by atoms with E-state index in [-0.39, 0.29) is 17.4 Å². The maximum absolute atomic E-state index is 12.8. The molecule has 5 fully saturated rings. The summed E-state index contributed by atoms with van der Waals surface area (Å²) in [5, 5.41) is 0. The van der Waals surface area contributed by atoms with Gasteiger partial charge < -0.3 is 10.6 Å². The van der Waals surface area contributed by atoms with Crippen molar-refractivity contribution in [1.29, 1.82) is 0 Å². The fourth-order valence-corrected chi connectivity index (χ4v) is 6.15. The van der Waals surface area contributed by atoms with Crippen LogP contribution in [0.2, 0.25) is 0 Å². The molecule has 0 radical (unpaired) electrons. The smallest absolute Gasteiger partial charge is 0.239 e. The van der Waals surface area contributed by atoms with Gasteiger partial charge in [-0.2, -0.15) is 0 Å². The second-order valence-corrected chi connectivity index (χ2v) is 8.95. The summed E-state index contributed by atoms with van der Waals surface area (Å²) in [4.78, 5) is 14.8. The van der Waals surface area contributed by atoms with Crippen molar-refractivity contribution in [2.45, 2.75) is 57.9 Å². The van der Waals surface area contributed by atoms with Crippen molar-refractivity contribution in [2.75, 3.05) is 13.6 Å². The molecule has 0 spiro atoms.